The van der Waals surface area contributed by atoms with Gasteiger partial charge >= 0.3 is 0 Å². The first-order chi connectivity index (χ1) is 9.56. The summed E-state index contributed by atoms with van der Waals surface area (Å²) in [5, 5.41) is 0. The molecule has 3 unspecified atom stereocenters. The van der Waals surface area contributed by atoms with Crippen LogP contribution in [0.15, 0.2) is 35.9 Å². The molecule has 0 saturated heterocycles. The summed E-state index contributed by atoms with van der Waals surface area (Å²) in [6.07, 6.45) is 9.06. The predicted molar refractivity (Wildman–Crippen MR) is 87.6 cm³/mol. The van der Waals surface area contributed by atoms with E-state index in [2.05, 4.69) is 58.0 Å². The molecular weight excluding hydrogens is 240 g/mol. The average molecular weight is 266 g/mol. The highest BCUT2D eigenvalue weighted by Gasteiger charge is 2.36. The zero-order valence-corrected chi connectivity index (χ0v) is 13.2. The van der Waals surface area contributed by atoms with Gasteiger partial charge in [-0.05, 0) is 62.5 Å². The summed E-state index contributed by atoms with van der Waals surface area (Å²) in [6.45, 7) is 9.03. The number of fused-ring (bicyclic) bond motifs is 1. The molecule has 3 rings (SSSR count). The van der Waals surface area contributed by atoms with Crippen LogP contribution in [0.25, 0.3) is 5.57 Å². The smallest absolute Gasteiger partial charge is 0.00900 e. The monoisotopic (exact) mass is 266 g/mol. The summed E-state index contributed by atoms with van der Waals surface area (Å²) >= 11 is 0. The fraction of sp³-hybridized carbons (Fsp3) is 0.500. The molecule has 0 bridgehead atoms. The van der Waals surface area contributed by atoms with Crippen molar-refractivity contribution in [2.45, 2.75) is 47.0 Å². The fourth-order valence-corrected chi connectivity index (χ4v) is 4.23. The lowest BCUT2D eigenvalue weighted by Gasteiger charge is -2.26. The molecule has 106 valence electrons. The number of benzene rings is 1. The van der Waals surface area contributed by atoms with Gasteiger partial charge in [0.1, 0.15) is 0 Å². The second-order valence-electron chi connectivity index (χ2n) is 6.90. The fourth-order valence-electron chi connectivity index (χ4n) is 4.23. The van der Waals surface area contributed by atoms with Crippen LogP contribution in [-0.4, -0.2) is 0 Å². The number of rotatable bonds is 2. The Labute approximate surface area is 123 Å². The van der Waals surface area contributed by atoms with Gasteiger partial charge in [-0.25, -0.2) is 0 Å². The lowest BCUT2D eigenvalue weighted by Crippen LogP contribution is -2.12. The maximum absolute atomic E-state index is 2.52. The highest BCUT2D eigenvalue weighted by Crippen LogP contribution is 2.48. The summed E-state index contributed by atoms with van der Waals surface area (Å²) < 4.78 is 0. The van der Waals surface area contributed by atoms with Gasteiger partial charge in [0.15, 0.2) is 0 Å². The first-order valence-corrected chi connectivity index (χ1v) is 8.05. The highest BCUT2D eigenvalue weighted by molar-refractivity contribution is 5.73. The summed E-state index contributed by atoms with van der Waals surface area (Å²) in [6, 6.07) is 7.01. The van der Waals surface area contributed by atoms with Gasteiger partial charge in [0.05, 0.1) is 0 Å². The summed E-state index contributed by atoms with van der Waals surface area (Å²) in [5.41, 5.74) is 7.28. The second kappa shape index (κ2) is 5.24. The Balaban J connectivity index is 2.01. The van der Waals surface area contributed by atoms with Gasteiger partial charge < -0.3 is 0 Å². The zero-order valence-electron chi connectivity index (χ0n) is 13.2. The number of aryl methyl sites for hydroxylation is 2. The van der Waals surface area contributed by atoms with Gasteiger partial charge in [0.25, 0.3) is 0 Å². The molecule has 20 heavy (non-hydrogen) atoms. The standard InChI is InChI=1S/C20H26/c1-5-16-11-18-9-15(4)10-19(20(18)12-16)17-7-13(2)6-14(3)8-17/h6-10,16,18,20H,5,11-12H2,1-4H3. The molecule has 0 amide bonds. The van der Waals surface area contributed by atoms with Crippen LogP contribution in [-0.2, 0) is 0 Å². The van der Waals surface area contributed by atoms with Crippen LogP contribution in [0.1, 0.15) is 49.8 Å². The molecule has 0 spiro atoms. The van der Waals surface area contributed by atoms with Crippen LogP contribution in [0, 0.1) is 31.6 Å². The van der Waals surface area contributed by atoms with Crippen LogP contribution >= 0.6 is 0 Å². The molecule has 1 saturated carbocycles. The van der Waals surface area contributed by atoms with Crippen molar-refractivity contribution in [3.8, 4) is 0 Å². The molecular formula is C20H26. The van der Waals surface area contributed by atoms with E-state index in [4.69, 9.17) is 0 Å². The minimum absolute atomic E-state index is 0.754. The van der Waals surface area contributed by atoms with E-state index >= 15 is 0 Å². The average Bonchev–Trinajstić information content (AvgIpc) is 2.79. The lowest BCUT2D eigenvalue weighted by atomic mass is 9.79. The number of hydrogen-bond donors (Lipinski definition) is 0. The van der Waals surface area contributed by atoms with E-state index in [0.29, 0.717) is 0 Å². The van der Waals surface area contributed by atoms with Crippen molar-refractivity contribution in [2.75, 3.05) is 0 Å². The van der Waals surface area contributed by atoms with Gasteiger partial charge in [-0.15, -0.1) is 0 Å². The predicted octanol–water partition coefficient (Wildman–Crippen LogP) is 5.70. The first kappa shape index (κ1) is 13.7. The van der Waals surface area contributed by atoms with Crippen LogP contribution in [0.5, 0.6) is 0 Å². The quantitative estimate of drug-likeness (QED) is 0.644. The Hall–Kier alpha value is -1.30. The summed E-state index contributed by atoms with van der Waals surface area (Å²) in [4.78, 5) is 0. The molecule has 0 aromatic heterocycles. The topological polar surface area (TPSA) is 0 Å². The van der Waals surface area contributed by atoms with Gasteiger partial charge in [-0.1, -0.05) is 60.4 Å². The van der Waals surface area contributed by atoms with Gasteiger partial charge in [0, 0.05) is 0 Å². The lowest BCUT2D eigenvalue weighted by molar-refractivity contribution is 0.514. The van der Waals surface area contributed by atoms with Crippen molar-refractivity contribution in [2.24, 2.45) is 17.8 Å². The van der Waals surface area contributed by atoms with Crippen LogP contribution in [0.2, 0.25) is 0 Å². The van der Waals surface area contributed by atoms with Crippen molar-refractivity contribution in [3.05, 3.63) is 52.6 Å². The number of hydrogen-bond acceptors (Lipinski definition) is 0. The molecule has 0 heterocycles. The third kappa shape index (κ3) is 2.49. The Morgan fingerprint density at radius 1 is 1.00 bits per heavy atom. The molecule has 0 nitrogen and oxygen atoms in total. The minimum atomic E-state index is 0.754. The van der Waals surface area contributed by atoms with E-state index in [1.807, 2.05) is 0 Å². The van der Waals surface area contributed by atoms with E-state index < -0.39 is 0 Å². The molecule has 0 heteroatoms. The summed E-state index contributed by atoms with van der Waals surface area (Å²) in [7, 11) is 0. The Morgan fingerprint density at radius 2 is 1.70 bits per heavy atom. The molecule has 2 aliphatic carbocycles. The molecule has 1 fully saturated rings. The van der Waals surface area contributed by atoms with Crippen LogP contribution < -0.4 is 0 Å². The number of allylic oxidation sites excluding steroid dienone is 4. The van der Waals surface area contributed by atoms with Crippen molar-refractivity contribution in [1.29, 1.82) is 0 Å². The third-order valence-corrected chi connectivity index (χ3v) is 5.10. The third-order valence-electron chi connectivity index (χ3n) is 5.10. The van der Waals surface area contributed by atoms with Crippen LogP contribution in [0.3, 0.4) is 0 Å². The van der Waals surface area contributed by atoms with Gasteiger partial charge in [-0.3, -0.25) is 0 Å². The molecule has 3 atom stereocenters. The van der Waals surface area contributed by atoms with Crippen LogP contribution in [0.4, 0.5) is 0 Å². The van der Waals surface area contributed by atoms with E-state index in [0.717, 1.165) is 17.8 Å². The Bertz CT molecular complexity index is 553. The highest BCUT2D eigenvalue weighted by atomic mass is 14.4. The molecule has 2 aliphatic rings. The Kier molecular flexibility index (Phi) is 3.58. The van der Waals surface area contributed by atoms with E-state index in [1.54, 1.807) is 5.57 Å². The molecule has 1 aromatic carbocycles. The second-order valence-corrected chi connectivity index (χ2v) is 6.90. The van der Waals surface area contributed by atoms with E-state index in [1.165, 1.54) is 41.5 Å². The van der Waals surface area contributed by atoms with Crippen molar-refractivity contribution >= 4 is 5.57 Å². The normalized spacial score (nSPS) is 28.9. The van der Waals surface area contributed by atoms with Gasteiger partial charge in [0.2, 0.25) is 0 Å². The van der Waals surface area contributed by atoms with E-state index in [-0.39, 0.29) is 0 Å². The minimum Gasteiger partial charge on any atom is -0.0779 e. The molecule has 0 aliphatic heterocycles. The zero-order chi connectivity index (χ0) is 14.3. The maximum Gasteiger partial charge on any atom is -0.00900 e. The molecule has 0 N–H and O–H groups in total. The first-order valence-electron chi connectivity index (χ1n) is 8.05. The summed E-state index contributed by atoms with van der Waals surface area (Å²) in [5.74, 6) is 2.45. The Morgan fingerprint density at radius 3 is 2.35 bits per heavy atom. The van der Waals surface area contributed by atoms with E-state index in [9.17, 15) is 0 Å². The molecule has 0 radical (unpaired) electrons. The maximum atomic E-state index is 2.52. The SMILES string of the molecule is CCC1CC2C=C(C)C=C(c3cc(C)cc(C)c3)C2C1. The largest absolute Gasteiger partial charge is 0.0779 e. The molecule has 1 aromatic rings. The van der Waals surface area contributed by atoms with Crippen molar-refractivity contribution in [1.82, 2.24) is 0 Å². The van der Waals surface area contributed by atoms with Crippen molar-refractivity contribution < 1.29 is 0 Å². The van der Waals surface area contributed by atoms with Gasteiger partial charge in [-0.2, -0.15) is 0 Å². The van der Waals surface area contributed by atoms with Crippen molar-refractivity contribution in [3.63, 3.8) is 0 Å².